The Balaban J connectivity index is 1.48. The van der Waals surface area contributed by atoms with Crippen molar-refractivity contribution in [3.8, 4) is 0 Å². The zero-order chi connectivity index (χ0) is 25.3. The van der Waals surface area contributed by atoms with Gasteiger partial charge < -0.3 is 19.4 Å². The van der Waals surface area contributed by atoms with E-state index in [1.807, 2.05) is 61.7 Å². The molecule has 1 amide bonds. The zero-order valence-corrected chi connectivity index (χ0v) is 21.7. The molecule has 0 spiro atoms. The van der Waals surface area contributed by atoms with Gasteiger partial charge in [0.05, 0.1) is 11.5 Å². The third kappa shape index (κ3) is 5.67. The third-order valence-electron chi connectivity index (χ3n) is 5.86. The van der Waals surface area contributed by atoms with Crippen LogP contribution >= 0.6 is 22.9 Å². The van der Waals surface area contributed by atoms with Crippen LogP contribution in [0.25, 0.3) is 10.2 Å². The lowest BCUT2D eigenvalue weighted by Crippen LogP contribution is -2.29. The normalized spacial score (nSPS) is 12.4. The molecule has 1 unspecified atom stereocenters. The summed E-state index contributed by atoms with van der Waals surface area (Å²) in [6.45, 7) is 4.98. The number of nitrogens with one attached hydrogen (secondary N) is 1. The Morgan fingerprint density at radius 2 is 1.97 bits per heavy atom. The number of aromatic nitrogens is 1. The number of aliphatic hydroxyl groups excluding tert-OH is 1. The number of fused-ring (bicyclic) bond motifs is 1. The van der Waals surface area contributed by atoms with Crippen LogP contribution in [0.5, 0.6) is 0 Å². The molecule has 2 N–H and O–H groups in total. The molecule has 0 radical (unpaired) electrons. The monoisotopic (exact) mass is 513 g/mol. The van der Waals surface area contributed by atoms with Crippen molar-refractivity contribution in [2.24, 2.45) is 7.05 Å². The number of carbonyl (C=O) groups excluding carboxylic acids is 1. The Morgan fingerprint density at radius 1 is 1.26 bits per heavy atom. The number of aryl methyl sites for hydroxylation is 3. The maximum atomic E-state index is 13.1. The first-order valence-electron chi connectivity index (χ1n) is 11.2. The molecule has 7 nitrogen and oxygen atoms in total. The van der Waals surface area contributed by atoms with Crippen molar-refractivity contribution in [1.82, 2.24) is 14.8 Å². The molecule has 35 heavy (non-hydrogen) atoms. The van der Waals surface area contributed by atoms with Crippen LogP contribution in [0.3, 0.4) is 0 Å². The van der Waals surface area contributed by atoms with Gasteiger partial charge in [-0.25, -0.2) is 0 Å². The van der Waals surface area contributed by atoms with Gasteiger partial charge in [-0.1, -0.05) is 23.7 Å². The van der Waals surface area contributed by atoms with E-state index in [0.29, 0.717) is 30.0 Å². The molecule has 0 aliphatic heterocycles. The van der Waals surface area contributed by atoms with E-state index in [0.717, 1.165) is 32.4 Å². The van der Waals surface area contributed by atoms with Gasteiger partial charge in [0.15, 0.2) is 0 Å². The smallest absolute Gasteiger partial charge is 0.257 e. The van der Waals surface area contributed by atoms with Crippen molar-refractivity contribution in [2.75, 3.05) is 13.6 Å². The number of pyridine rings is 1. The van der Waals surface area contributed by atoms with Gasteiger partial charge in [-0.05, 0) is 50.7 Å². The van der Waals surface area contributed by atoms with Crippen LogP contribution in [-0.4, -0.2) is 34.1 Å². The first-order valence-corrected chi connectivity index (χ1v) is 12.4. The van der Waals surface area contributed by atoms with E-state index in [1.165, 1.54) is 11.3 Å². The van der Waals surface area contributed by atoms with Gasteiger partial charge in [0.2, 0.25) is 5.43 Å². The topological polar surface area (TPSA) is 87.7 Å². The summed E-state index contributed by atoms with van der Waals surface area (Å²) in [5, 5.41) is 14.6. The van der Waals surface area contributed by atoms with Crippen LogP contribution in [0.2, 0.25) is 5.02 Å². The number of hydrogen-bond acceptors (Lipinski definition) is 6. The summed E-state index contributed by atoms with van der Waals surface area (Å²) in [6.07, 6.45) is 0.911. The van der Waals surface area contributed by atoms with Gasteiger partial charge in [-0.2, -0.15) is 0 Å². The molecule has 0 bridgehead atoms. The molecule has 0 fully saturated rings. The lowest BCUT2D eigenvalue weighted by molar-refractivity contribution is 0.0949. The second-order valence-electron chi connectivity index (χ2n) is 8.80. The Hall–Kier alpha value is -2.91. The molecule has 1 aromatic carbocycles. The summed E-state index contributed by atoms with van der Waals surface area (Å²) < 4.78 is 7.34. The van der Waals surface area contributed by atoms with E-state index < -0.39 is 12.0 Å². The van der Waals surface area contributed by atoms with E-state index in [2.05, 4.69) is 5.32 Å². The molecule has 3 heterocycles. The van der Waals surface area contributed by atoms with E-state index in [1.54, 1.807) is 18.3 Å². The average Bonchev–Trinajstić information content (AvgIpc) is 3.38. The maximum absolute atomic E-state index is 13.1. The SMILES string of the molecule is Cc1cc(C(O)CN(C)Cc2cc3c(=O)c(C(=O)NCc4ccc(Cl)cc4)cn(C)c3s2)c(C)o1. The van der Waals surface area contributed by atoms with E-state index in [4.69, 9.17) is 16.0 Å². The number of halogens is 1. The third-order valence-corrected chi connectivity index (χ3v) is 7.32. The molecule has 9 heteroatoms. The van der Waals surface area contributed by atoms with Crippen molar-refractivity contribution in [3.05, 3.63) is 90.9 Å². The van der Waals surface area contributed by atoms with E-state index in [9.17, 15) is 14.7 Å². The van der Waals surface area contributed by atoms with Crippen LogP contribution in [0.4, 0.5) is 0 Å². The predicted octanol–water partition coefficient (Wildman–Crippen LogP) is 4.56. The summed E-state index contributed by atoms with van der Waals surface area (Å²) in [4.78, 5) is 29.7. The first kappa shape index (κ1) is 25.2. The summed E-state index contributed by atoms with van der Waals surface area (Å²) in [7, 11) is 3.75. The highest BCUT2D eigenvalue weighted by Crippen LogP contribution is 2.26. The highest BCUT2D eigenvalue weighted by molar-refractivity contribution is 7.18. The lowest BCUT2D eigenvalue weighted by Gasteiger charge is -2.19. The fourth-order valence-corrected chi connectivity index (χ4v) is 5.43. The molecule has 0 saturated heterocycles. The Bertz CT molecular complexity index is 1420. The number of nitrogens with zero attached hydrogens (tertiary/aromatic N) is 2. The molecule has 4 rings (SSSR count). The molecule has 0 aliphatic rings. The van der Waals surface area contributed by atoms with Crippen molar-refractivity contribution >= 4 is 39.1 Å². The fourth-order valence-electron chi connectivity index (χ4n) is 4.14. The molecule has 0 saturated carbocycles. The Kier molecular flexibility index (Phi) is 7.47. The number of benzene rings is 1. The minimum absolute atomic E-state index is 0.105. The van der Waals surface area contributed by atoms with Crippen molar-refractivity contribution in [1.29, 1.82) is 0 Å². The van der Waals surface area contributed by atoms with Crippen molar-refractivity contribution in [3.63, 3.8) is 0 Å². The largest absolute Gasteiger partial charge is 0.466 e. The zero-order valence-electron chi connectivity index (χ0n) is 20.1. The second-order valence-corrected chi connectivity index (χ2v) is 10.4. The van der Waals surface area contributed by atoms with Crippen molar-refractivity contribution < 1.29 is 14.3 Å². The van der Waals surface area contributed by atoms with E-state index >= 15 is 0 Å². The van der Waals surface area contributed by atoms with Gasteiger partial charge in [0.25, 0.3) is 5.91 Å². The quantitative estimate of drug-likeness (QED) is 0.360. The summed E-state index contributed by atoms with van der Waals surface area (Å²) in [6, 6.07) is 10.9. The molecule has 0 aliphatic carbocycles. The van der Waals surface area contributed by atoms with Crippen LogP contribution < -0.4 is 10.7 Å². The molecule has 3 aromatic heterocycles. The van der Waals surface area contributed by atoms with Gasteiger partial charge in [0.1, 0.15) is 21.9 Å². The first-order chi connectivity index (χ1) is 16.6. The summed E-state index contributed by atoms with van der Waals surface area (Å²) in [5.41, 5.74) is 1.49. The molecule has 184 valence electrons. The van der Waals surface area contributed by atoms with Crippen LogP contribution in [0.15, 0.2) is 51.8 Å². The number of amides is 1. The van der Waals surface area contributed by atoms with Crippen LogP contribution in [0.1, 0.15) is 44.0 Å². The molecular formula is C26H28ClN3O4S. The second kappa shape index (κ2) is 10.4. The number of thiophene rings is 1. The predicted molar refractivity (Wildman–Crippen MR) is 139 cm³/mol. The standard InChI is InChI=1S/C26H28ClN3O4S/c1-15-9-20(16(2)34-15)23(31)14-29(3)12-19-10-21-24(32)22(13-30(4)26(21)35-19)25(33)28-11-17-5-7-18(27)8-6-17/h5-10,13,23,31H,11-12,14H2,1-4H3,(H,28,33). The number of carbonyl (C=O) groups is 1. The number of likely N-dealkylation sites (N-methyl/N-ethyl adjacent to an activating group) is 1. The van der Waals surface area contributed by atoms with Gasteiger partial charge in [-0.15, -0.1) is 11.3 Å². The van der Waals surface area contributed by atoms with Crippen LogP contribution in [-0.2, 0) is 20.1 Å². The minimum Gasteiger partial charge on any atom is -0.466 e. The lowest BCUT2D eigenvalue weighted by atomic mass is 10.1. The fraction of sp³-hybridized carbons (Fsp3) is 0.308. The summed E-state index contributed by atoms with van der Waals surface area (Å²) >= 11 is 7.41. The Morgan fingerprint density at radius 3 is 2.63 bits per heavy atom. The van der Waals surface area contributed by atoms with Crippen molar-refractivity contribution in [2.45, 2.75) is 33.0 Å². The molecule has 1 atom stereocenters. The van der Waals surface area contributed by atoms with E-state index in [-0.39, 0.29) is 11.0 Å². The van der Waals surface area contributed by atoms with Gasteiger partial charge in [-0.3, -0.25) is 14.5 Å². The van der Waals surface area contributed by atoms with Gasteiger partial charge in [0, 0.05) is 48.3 Å². The van der Waals surface area contributed by atoms with Crippen LogP contribution in [0, 0.1) is 13.8 Å². The highest BCUT2D eigenvalue weighted by atomic mass is 35.5. The van der Waals surface area contributed by atoms with Gasteiger partial charge >= 0.3 is 0 Å². The number of rotatable bonds is 8. The Labute approximate surface area is 212 Å². The number of hydrogen-bond donors (Lipinski definition) is 2. The summed E-state index contributed by atoms with van der Waals surface area (Å²) in [5.74, 6) is 1.07. The minimum atomic E-state index is -0.672. The maximum Gasteiger partial charge on any atom is 0.257 e. The average molecular weight is 514 g/mol. The molecular weight excluding hydrogens is 486 g/mol. The highest BCUT2D eigenvalue weighted by Gasteiger charge is 2.19. The number of aliphatic hydroxyl groups is 1. The number of furan rings is 1. The molecule has 4 aromatic rings.